The van der Waals surface area contributed by atoms with Crippen LogP contribution in [-0.2, 0) is 5.41 Å². The third-order valence-electron chi connectivity index (χ3n) is 6.56. The van der Waals surface area contributed by atoms with Gasteiger partial charge in [-0.25, -0.2) is 8.78 Å². The van der Waals surface area contributed by atoms with Crippen molar-refractivity contribution in [3.63, 3.8) is 0 Å². The molecule has 144 valence electrons. The van der Waals surface area contributed by atoms with E-state index in [2.05, 4.69) is 45.8 Å². The average molecular weight is 373 g/mol. The molecule has 3 saturated carbocycles. The van der Waals surface area contributed by atoms with E-state index in [9.17, 15) is 8.78 Å². The second-order valence-corrected chi connectivity index (χ2v) is 8.61. The van der Waals surface area contributed by atoms with Crippen molar-refractivity contribution in [1.29, 1.82) is 0 Å². The third kappa shape index (κ3) is 3.51. The predicted molar refractivity (Wildman–Crippen MR) is 97.0 cm³/mol. The molecule has 0 bridgehead atoms. The van der Waals surface area contributed by atoms with E-state index in [1.807, 2.05) is 0 Å². The summed E-state index contributed by atoms with van der Waals surface area (Å²) in [4.78, 5) is 4.63. The number of halogens is 2. The smallest absolute Gasteiger partial charge is 0.248 e. The van der Waals surface area contributed by atoms with Crippen molar-refractivity contribution in [1.82, 2.24) is 15.5 Å². The Labute approximate surface area is 157 Å². The number of hydrogen-bond donors (Lipinski definition) is 1. The van der Waals surface area contributed by atoms with E-state index in [0.717, 1.165) is 25.2 Å². The van der Waals surface area contributed by atoms with Gasteiger partial charge in [-0.05, 0) is 37.7 Å². The van der Waals surface area contributed by atoms with Gasteiger partial charge in [0.05, 0.1) is 0 Å². The van der Waals surface area contributed by atoms with Crippen molar-refractivity contribution in [3.05, 3.63) is 47.6 Å². The Morgan fingerprint density at radius 2 is 1.81 bits per heavy atom. The van der Waals surface area contributed by atoms with Gasteiger partial charge in [-0.15, -0.1) is 0 Å². The van der Waals surface area contributed by atoms with Crippen molar-refractivity contribution in [2.45, 2.75) is 74.2 Å². The first kappa shape index (κ1) is 17.3. The second kappa shape index (κ2) is 6.36. The monoisotopic (exact) mass is 373 g/mol. The third-order valence-corrected chi connectivity index (χ3v) is 6.56. The standard InChI is InChI=1S/C21H25F2N3O/c22-21(23)8-6-15(7-9-21)18-25-19(26-27-18)20(10-11-20)13-24-17-12-16(17)14-4-2-1-3-5-14/h1-5,15-17,24H,6-13H2/t16-,17+/m0/s1. The number of rotatable bonds is 6. The summed E-state index contributed by atoms with van der Waals surface area (Å²) in [5, 5.41) is 7.91. The minimum atomic E-state index is -2.53. The average Bonchev–Trinajstić information content (AvgIpc) is 3.58. The molecule has 1 aromatic heterocycles. The fraction of sp³-hybridized carbons (Fsp3) is 0.619. The van der Waals surface area contributed by atoms with Crippen LogP contribution >= 0.6 is 0 Å². The van der Waals surface area contributed by atoms with Crippen LogP contribution in [0.2, 0.25) is 0 Å². The molecule has 2 atom stereocenters. The first-order valence-electron chi connectivity index (χ1n) is 10.0. The fourth-order valence-electron chi connectivity index (χ4n) is 4.35. The van der Waals surface area contributed by atoms with E-state index in [0.29, 0.717) is 30.7 Å². The Bertz CT molecular complexity index is 793. The zero-order valence-electron chi connectivity index (χ0n) is 15.3. The number of nitrogens with zero attached hydrogens (tertiary/aromatic N) is 2. The maximum atomic E-state index is 13.4. The highest BCUT2D eigenvalue weighted by molar-refractivity contribution is 5.28. The van der Waals surface area contributed by atoms with Gasteiger partial charge in [0.15, 0.2) is 5.82 Å². The first-order valence-corrected chi connectivity index (χ1v) is 10.0. The summed E-state index contributed by atoms with van der Waals surface area (Å²) in [5.74, 6) is -0.618. The zero-order chi connectivity index (χ0) is 18.5. The van der Waals surface area contributed by atoms with Crippen LogP contribution in [0.5, 0.6) is 0 Å². The summed E-state index contributed by atoms with van der Waals surface area (Å²) >= 11 is 0. The molecule has 1 aromatic carbocycles. The van der Waals surface area contributed by atoms with Gasteiger partial charge >= 0.3 is 0 Å². The van der Waals surface area contributed by atoms with Crippen molar-refractivity contribution in [2.24, 2.45) is 0 Å². The topological polar surface area (TPSA) is 51.0 Å². The highest BCUT2D eigenvalue weighted by Gasteiger charge is 2.50. The van der Waals surface area contributed by atoms with Gasteiger partial charge in [0.1, 0.15) is 0 Å². The molecule has 3 fully saturated rings. The number of alkyl halides is 2. The molecule has 4 nitrogen and oxygen atoms in total. The predicted octanol–water partition coefficient (Wildman–Crippen LogP) is 4.54. The Kier molecular flexibility index (Phi) is 4.08. The van der Waals surface area contributed by atoms with Crippen LogP contribution in [0.3, 0.4) is 0 Å². The molecule has 0 amide bonds. The highest BCUT2D eigenvalue weighted by Crippen LogP contribution is 2.49. The molecular weight excluding hydrogens is 348 g/mol. The Balaban J connectivity index is 1.18. The molecule has 3 aliphatic carbocycles. The lowest BCUT2D eigenvalue weighted by molar-refractivity contribution is -0.0402. The molecule has 0 spiro atoms. The molecule has 1 heterocycles. The molecule has 0 aliphatic heterocycles. The van der Waals surface area contributed by atoms with Crippen LogP contribution < -0.4 is 5.32 Å². The van der Waals surface area contributed by atoms with Gasteiger partial charge < -0.3 is 9.84 Å². The van der Waals surface area contributed by atoms with Gasteiger partial charge in [0, 0.05) is 42.7 Å². The van der Waals surface area contributed by atoms with E-state index in [1.54, 1.807) is 0 Å². The number of nitrogens with one attached hydrogen (secondary N) is 1. The Morgan fingerprint density at radius 3 is 2.52 bits per heavy atom. The molecule has 1 N–H and O–H groups in total. The van der Waals surface area contributed by atoms with Crippen LogP contribution in [0.25, 0.3) is 0 Å². The Morgan fingerprint density at radius 1 is 1.07 bits per heavy atom. The van der Waals surface area contributed by atoms with Crippen molar-refractivity contribution < 1.29 is 13.3 Å². The van der Waals surface area contributed by atoms with Crippen LogP contribution in [0.15, 0.2) is 34.9 Å². The summed E-state index contributed by atoms with van der Waals surface area (Å²) in [5.41, 5.74) is 1.38. The van der Waals surface area contributed by atoms with Gasteiger partial charge in [-0.1, -0.05) is 35.5 Å². The number of hydrogen-bond acceptors (Lipinski definition) is 4. The van der Waals surface area contributed by atoms with Crippen LogP contribution in [-0.4, -0.2) is 28.6 Å². The molecule has 6 heteroatoms. The maximum absolute atomic E-state index is 13.4. The second-order valence-electron chi connectivity index (χ2n) is 8.61. The van der Waals surface area contributed by atoms with Crippen molar-refractivity contribution in [3.8, 4) is 0 Å². The quantitative estimate of drug-likeness (QED) is 0.808. The van der Waals surface area contributed by atoms with Gasteiger partial charge in [-0.2, -0.15) is 4.98 Å². The van der Waals surface area contributed by atoms with E-state index < -0.39 is 5.92 Å². The summed E-state index contributed by atoms with van der Waals surface area (Å²) in [6.07, 6.45) is 4.00. The summed E-state index contributed by atoms with van der Waals surface area (Å²) in [6.45, 7) is 0.864. The van der Waals surface area contributed by atoms with E-state index >= 15 is 0 Å². The lowest BCUT2D eigenvalue weighted by atomic mass is 9.87. The first-order chi connectivity index (χ1) is 13.0. The van der Waals surface area contributed by atoms with Crippen molar-refractivity contribution in [2.75, 3.05) is 6.54 Å². The summed E-state index contributed by atoms with van der Waals surface area (Å²) in [6, 6.07) is 11.1. The molecular formula is C21H25F2N3O. The molecule has 5 rings (SSSR count). The minimum Gasteiger partial charge on any atom is -0.339 e. The van der Waals surface area contributed by atoms with E-state index in [-0.39, 0.29) is 24.2 Å². The zero-order valence-corrected chi connectivity index (χ0v) is 15.3. The number of benzene rings is 1. The van der Waals surface area contributed by atoms with Crippen molar-refractivity contribution >= 4 is 0 Å². The highest BCUT2D eigenvalue weighted by atomic mass is 19.3. The van der Waals surface area contributed by atoms with Crippen LogP contribution in [0.1, 0.15) is 74.1 Å². The minimum absolute atomic E-state index is 0.0134. The molecule has 0 saturated heterocycles. The van der Waals surface area contributed by atoms with Gasteiger partial charge in [-0.3, -0.25) is 0 Å². The number of aromatic nitrogens is 2. The van der Waals surface area contributed by atoms with Gasteiger partial charge in [0.2, 0.25) is 11.8 Å². The Hall–Kier alpha value is -1.82. The summed E-state index contributed by atoms with van der Waals surface area (Å²) < 4.78 is 32.2. The van der Waals surface area contributed by atoms with Crippen LogP contribution in [0, 0.1) is 0 Å². The summed E-state index contributed by atoms with van der Waals surface area (Å²) in [7, 11) is 0. The molecule has 0 radical (unpaired) electrons. The SMILES string of the molecule is FC1(F)CCC(c2nc(C3(CN[C@@H]4C[C@H]4c4ccccc4)CC3)no2)CC1. The van der Waals surface area contributed by atoms with Crippen LogP contribution in [0.4, 0.5) is 8.78 Å². The van der Waals surface area contributed by atoms with E-state index in [4.69, 9.17) is 4.52 Å². The van der Waals surface area contributed by atoms with Gasteiger partial charge in [0.25, 0.3) is 0 Å². The molecule has 27 heavy (non-hydrogen) atoms. The molecule has 2 aromatic rings. The molecule has 3 aliphatic rings. The largest absolute Gasteiger partial charge is 0.339 e. The lowest BCUT2D eigenvalue weighted by Crippen LogP contribution is -2.30. The lowest BCUT2D eigenvalue weighted by Gasteiger charge is -2.25. The maximum Gasteiger partial charge on any atom is 0.248 e. The van der Waals surface area contributed by atoms with E-state index in [1.165, 1.54) is 12.0 Å². The normalized spacial score (nSPS) is 28.8. The molecule has 0 unspecified atom stereocenters. The fourth-order valence-corrected chi connectivity index (χ4v) is 4.35.